The van der Waals surface area contributed by atoms with E-state index in [1.807, 2.05) is 35.2 Å². The highest BCUT2D eigenvalue weighted by Crippen LogP contribution is 2.15. The largest absolute Gasteiger partial charge is 0.335 e. The summed E-state index contributed by atoms with van der Waals surface area (Å²) in [5, 5.41) is 8.51. The molecule has 2 aromatic carbocycles. The smallest absolute Gasteiger partial charge is 0.319 e. The number of hydrogen-bond acceptors (Lipinski definition) is 3. The number of piperidine rings is 1. The summed E-state index contributed by atoms with van der Waals surface area (Å²) in [6, 6.07) is 13.8. The van der Waals surface area contributed by atoms with Crippen LogP contribution in [0.1, 0.15) is 18.4 Å². The van der Waals surface area contributed by atoms with Gasteiger partial charge >= 0.3 is 6.03 Å². The molecular formula is C21H25FN4O2. The lowest BCUT2D eigenvalue weighted by Crippen LogP contribution is -2.47. The van der Waals surface area contributed by atoms with Gasteiger partial charge in [0.05, 0.1) is 6.54 Å². The van der Waals surface area contributed by atoms with Crippen molar-refractivity contribution in [3.8, 4) is 0 Å². The molecule has 1 fully saturated rings. The Morgan fingerprint density at radius 2 is 1.75 bits per heavy atom. The summed E-state index contributed by atoms with van der Waals surface area (Å²) < 4.78 is 13.6. The third-order valence-electron chi connectivity index (χ3n) is 4.78. The summed E-state index contributed by atoms with van der Waals surface area (Å²) in [5.41, 5.74) is 1.76. The van der Waals surface area contributed by atoms with Crippen LogP contribution in [-0.4, -0.2) is 42.5 Å². The Morgan fingerprint density at radius 3 is 2.43 bits per heavy atom. The third kappa shape index (κ3) is 5.79. The van der Waals surface area contributed by atoms with Crippen LogP contribution in [0.2, 0.25) is 0 Å². The van der Waals surface area contributed by atoms with Gasteiger partial charge in [-0.25, -0.2) is 9.18 Å². The van der Waals surface area contributed by atoms with E-state index < -0.39 is 0 Å². The highest BCUT2D eigenvalue weighted by molar-refractivity contribution is 5.92. The van der Waals surface area contributed by atoms with E-state index in [0.29, 0.717) is 24.3 Å². The Balaban J connectivity index is 1.39. The van der Waals surface area contributed by atoms with E-state index in [2.05, 4.69) is 16.0 Å². The van der Waals surface area contributed by atoms with Crippen LogP contribution in [0.3, 0.4) is 0 Å². The fraction of sp³-hybridized carbons (Fsp3) is 0.333. The molecule has 0 aromatic heterocycles. The van der Waals surface area contributed by atoms with Gasteiger partial charge in [0.15, 0.2) is 0 Å². The summed E-state index contributed by atoms with van der Waals surface area (Å²) in [4.78, 5) is 26.3. The molecule has 3 N–H and O–H groups in total. The molecule has 0 bridgehead atoms. The Kier molecular flexibility index (Phi) is 6.60. The van der Waals surface area contributed by atoms with Gasteiger partial charge in [0.1, 0.15) is 5.82 Å². The number of nitrogens with zero attached hydrogens (tertiary/aromatic N) is 1. The number of para-hydroxylation sites is 1. The fourth-order valence-corrected chi connectivity index (χ4v) is 3.18. The molecule has 0 aliphatic carbocycles. The second-order valence-electron chi connectivity index (χ2n) is 7.03. The number of urea groups is 1. The molecule has 1 heterocycles. The van der Waals surface area contributed by atoms with E-state index in [9.17, 15) is 14.0 Å². The number of nitrogens with one attached hydrogen (secondary N) is 3. The molecule has 3 amide bonds. The second kappa shape index (κ2) is 9.32. The van der Waals surface area contributed by atoms with Gasteiger partial charge in [-0.1, -0.05) is 24.3 Å². The first-order valence-electron chi connectivity index (χ1n) is 9.40. The van der Waals surface area contributed by atoms with Crippen molar-refractivity contribution in [2.24, 2.45) is 0 Å². The van der Waals surface area contributed by atoms with Gasteiger partial charge in [0, 0.05) is 30.5 Å². The molecule has 0 spiro atoms. The van der Waals surface area contributed by atoms with E-state index in [4.69, 9.17) is 0 Å². The van der Waals surface area contributed by atoms with E-state index >= 15 is 0 Å². The molecule has 28 heavy (non-hydrogen) atoms. The highest BCUT2D eigenvalue weighted by Gasteiger charge is 2.22. The minimum atomic E-state index is -0.335. The van der Waals surface area contributed by atoms with Gasteiger partial charge in [-0.2, -0.15) is 0 Å². The SMILES string of the molecule is Cc1ccc(NC(=O)CN2CCC(NC(=O)Nc3ccccc3)CC2)cc1F. The average molecular weight is 384 g/mol. The number of likely N-dealkylation sites (tertiary alicyclic amines) is 1. The van der Waals surface area contributed by atoms with E-state index in [0.717, 1.165) is 18.5 Å². The van der Waals surface area contributed by atoms with E-state index in [1.54, 1.807) is 19.1 Å². The van der Waals surface area contributed by atoms with Crippen molar-refractivity contribution in [3.63, 3.8) is 0 Å². The Labute approximate surface area is 164 Å². The molecule has 7 heteroatoms. The van der Waals surface area contributed by atoms with Crippen molar-refractivity contribution in [1.82, 2.24) is 10.2 Å². The maximum absolute atomic E-state index is 13.6. The molecule has 1 aliphatic rings. The topological polar surface area (TPSA) is 73.5 Å². The number of carbonyl (C=O) groups is 2. The zero-order chi connectivity index (χ0) is 19.9. The van der Waals surface area contributed by atoms with Crippen molar-refractivity contribution < 1.29 is 14.0 Å². The summed E-state index contributed by atoms with van der Waals surface area (Å²) in [6.45, 7) is 3.36. The Morgan fingerprint density at radius 1 is 1.04 bits per heavy atom. The number of aryl methyl sites for hydroxylation is 1. The predicted octanol–water partition coefficient (Wildman–Crippen LogP) is 3.36. The molecular weight excluding hydrogens is 359 g/mol. The van der Waals surface area contributed by atoms with Crippen molar-refractivity contribution >= 4 is 23.3 Å². The van der Waals surface area contributed by atoms with Crippen molar-refractivity contribution in [2.45, 2.75) is 25.8 Å². The molecule has 0 atom stereocenters. The summed E-state index contributed by atoms with van der Waals surface area (Å²) in [5.74, 6) is -0.505. The lowest BCUT2D eigenvalue weighted by molar-refractivity contribution is -0.117. The van der Waals surface area contributed by atoms with E-state index in [1.165, 1.54) is 6.07 Å². The van der Waals surface area contributed by atoms with Crippen LogP contribution in [0.15, 0.2) is 48.5 Å². The van der Waals surface area contributed by atoms with Crippen LogP contribution in [0, 0.1) is 12.7 Å². The number of rotatable bonds is 5. The first-order chi connectivity index (χ1) is 13.5. The summed E-state index contributed by atoms with van der Waals surface area (Å²) >= 11 is 0. The summed E-state index contributed by atoms with van der Waals surface area (Å²) in [6.07, 6.45) is 1.54. The van der Waals surface area contributed by atoms with E-state index in [-0.39, 0.29) is 30.3 Å². The molecule has 3 rings (SSSR count). The van der Waals surface area contributed by atoms with Crippen LogP contribution in [-0.2, 0) is 4.79 Å². The van der Waals surface area contributed by atoms with Crippen LogP contribution >= 0.6 is 0 Å². The maximum atomic E-state index is 13.6. The monoisotopic (exact) mass is 384 g/mol. The normalized spacial score (nSPS) is 15.1. The Hall–Kier alpha value is -2.93. The van der Waals surface area contributed by atoms with Crippen molar-refractivity contribution in [2.75, 3.05) is 30.3 Å². The van der Waals surface area contributed by atoms with Gasteiger partial charge in [-0.15, -0.1) is 0 Å². The fourth-order valence-electron chi connectivity index (χ4n) is 3.18. The second-order valence-corrected chi connectivity index (χ2v) is 7.03. The molecule has 0 saturated carbocycles. The highest BCUT2D eigenvalue weighted by atomic mass is 19.1. The molecule has 0 unspecified atom stereocenters. The minimum Gasteiger partial charge on any atom is -0.335 e. The molecule has 1 saturated heterocycles. The lowest BCUT2D eigenvalue weighted by atomic mass is 10.1. The molecule has 148 valence electrons. The summed E-state index contributed by atoms with van der Waals surface area (Å²) in [7, 11) is 0. The Bertz CT molecular complexity index is 820. The quantitative estimate of drug-likeness (QED) is 0.740. The average Bonchev–Trinajstić information content (AvgIpc) is 2.67. The minimum absolute atomic E-state index is 0.0780. The zero-order valence-corrected chi connectivity index (χ0v) is 15.9. The van der Waals surface area contributed by atoms with Gasteiger partial charge in [0.2, 0.25) is 5.91 Å². The van der Waals surface area contributed by atoms with Crippen LogP contribution in [0.4, 0.5) is 20.6 Å². The van der Waals surface area contributed by atoms with Crippen molar-refractivity contribution in [3.05, 3.63) is 59.9 Å². The first-order valence-corrected chi connectivity index (χ1v) is 9.40. The molecule has 2 aromatic rings. The van der Waals surface area contributed by atoms with Crippen LogP contribution in [0.5, 0.6) is 0 Å². The maximum Gasteiger partial charge on any atom is 0.319 e. The van der Waals surface area contributed by atoms with Gasteiger partial charge in [0.25, 0.3) is 0 Å². The number of hydrogen-bond donors (Lipinski definition) is 3. The third-order valence-corrected chi connectivity index (χ3v) is 4.78. The standard InChI is InChI=1S/C21H25FN4O2/c1-15-7-8-18(13-19(15)22)23-20(27)14-26-11-9-17(10-12-26)25-21(28)24-16-5-3-2-4-6-16/h2-8,13,17H,9-12,14H2,1H3,(H,23,27)(H2,24,25,28). The van der Waals surface area contributed by atoms with Gasteiger partial charge in [-0.05, 0) is 49.6 Å². The van der Waals surface area contributed by atoms with Crippen LogP contribution < -0.4 is 16.0 Å². The number of anilines is 2. The molecule has 0 radical (unpaired) electrons. The predicted molar refractivity (Wildman–Crippen MR) is 108 cm³/mol. The van der Waals surface area contributed by atoms with Crippen LogP contribution in [0.25, 0.3) is 0 Å². The zero-order valence-electron chi connectivity index (χ0n) is 15.9. The first kappa shape index (κ1) is 19.8. The lowest BCUT2D eigenvalue weighted by Gasteiger charge is -2.31. The van der Waals surface area contributed by atoms with Gasteiger partial charge < -0.3 is 16.0 Å². The number of benzene rings is 2. The molecule has 1 aliphatic heterocycles. The van der Waals surface area contributed by atoms with Gasteiger partial charge in [-0.3, -0.25) is 9.69 Å². The molecule has 6 nitrogen and oxygen atoms in total. The number of halogens is 1. The number of amides is 3. The number of carbonyl (C=O) groups excluding carboxylic acids is 2. The van der Waals surface area contributed by atoms with Crippen molar-refractivity contribution in [1.29, 1.82) is 0 Å².